The van der Waals surface area contributed by atoms with E-state index >= 15 is 0 Å². The van der Waals surface area contributed by atoms with E-state index in [0.717, 1.165) is 16.6 Å². The number of nitrogens with zero attached hydrogens (tertiary/aromatic N) is 3. The number of ether oxygens (including phenoxy) is 1. The Labute approximate surface area is 139 Å². The van der Waals surface area contributed by atoms with Crippen LogP contribution in [0.1, 0.15) is 38.4 Å². The first-order valence-corrected chi connectivity index (χ1v) is 7.62. The molecule has 0 fully saturated rings. The zero-order chi connectivity index (χ0) is 17.9. The molecule has 0 aliphatic carbocycles. The van der Waals surface area contributed by atoms with E-state index in [9.17, 15) is 9.59 Å². The van der Waals surface area contributed by atoms with Crippen molar-refractivity contribution in [2.45, 2.75) is 46.6 Å². The van der Waals surface area contributed by atoms with Gasteiger partial charge in [-0.25, -0.2) is 4.79 Å². The van der Waals surface area contributed by atoms with E-state index in [0.29, 0.717) is 11.5 Å². The molecule has 0 aliphatic heterocycles. The van der Waals surface area contributed by atoms with Crippen LogP contribution >= 0.6 is 0 Å². The average Bonchev–Trinajstić information content (AvgIpc) is 2.84. The summed E-state index contributed by atoms with van der Waals surface area (Å²) in [4.78, 5) is 23.5. The fourth-order valence-electron chi connectivity index (χ4n) is 2.02. The van der Waals surface area contributed by atoms with Gasteiger partial charge >= 0.3 is 6.09 Å². The summed E-state index contributed by atoms with van der Waals surface area (Å²) in [5.41, 5.74) is 1.61. The van der Waals surface area contributed by atoms with E-state index < -0.39 is 11.7 Å². The molecular weight excluding hydrogens is 312 g/mol. The van der Waals surface area contributed by atoms with Crippen molar-refractivity contribution in [1.82, 2.24) is 25.7 Å². The minimum Gasteiger partial charge on any atom is -0.444 e. The van der Waals surface area contributed by atoms with Crippen molar-refractivity contribution >= 4 is 28.9 Å². The first kappa shape index (κ1) is 17.6. The number of carbonyl (C=O) groups excluding carboxylic acids is 2. The van der Waals surface area contributed by atoms with Crippen molar-refractivity contribution < 1.29 is 14.3 Å². The molecule has 0 aliphatic rings. The van der Waals surface area contributed by atoms with E-state index in [1.807, 2.05) is 13.8 Å². The SMILES string of the molecule is Cc1nnc2[nH]nc(NC(=O)CCNC(=O)OC(C)(C)C)c2c1C. The molecule has 130 valence electrons. The number of rotatable bonds is 4. The van der Waals surface area contributed by atoms with Crippen LogP contribution in [0.25, 0.3) is 11.0 Å². The second kappa shape index (κ2) is 6.81. The molecule has 2 aromatic rings. The van der Waals surface area contributed by atoms with Crippen LogP contribution in [-0.2, 0) is 9.53 Å². The predicted octanol–water partition coefficient (Wildman–Crippen LogP) is 1.82. The van der Waals surface area contributed by atoms with Crippen molar-refractivity contribution in [3.8, 4) is 0 Å². The monoisotopic (exact) mass is 334 g/mol. The molecule has 0 saturated heterocycles. The Morgan fingerprint density at radius 2 is 1.92 bits per heavy atom. The molecule has 0 radical (unpaired) electrons. The van der Waals surface area contributed by atoms with Gasteiger partial charge in [-0.15, -0.1) is 5.10 Å². The van der Waals surface area contributed by atoms with Crippen LogP contribution in [0.15, 0.2) is 0 Å². The lowest BCUT2D eigenvalue weighted by Gasteiger charge is -2.19. The number of hydrogen-bond acceptors (Lipinski definition) is 6. The van der Waals surface area contributed by atoms with E-state index in [2.05, 4.69) is 31.0 Å². The third-order valence-corrected chi connectivity index (χ3v) is 3.24. The first-order valence-electron chi connectivity index (χ1n) is 7.62. The molecule has 2 aromatic heterocycles. The highest BCUT2D eigenvalue weighted by Gasteiger charge is 2.17. The number of anilines is 1. The maximum atomic E-state index is 12.0. The van der Waals surface area contributed by atoms with E-state index in [-0.39, 0.29) is 18.9 Å². The van der Waals surface area contributed by atoms with Gasteiger partial charge in [-0.05, 0) is 40.2 Å². The van der Waals surface area contributed by atoms with Crippen LogP contribution in [0.4, 0.5) is 10.6 Å². The molecule has 3 N–H and O–H groups in total. The Balaban J connectivity index is 1.92. The van der Waals surface area contributed by atoms with Crippen LogP contribution in [0, 0.1) is 13.8 Å². The highest BCUT2D eigenvalue weighted by atomic mass is 16.6. The molecule has 0 unspecified atom stereocenters. The third-order valence-electron chi connectivity index (χ3n) is 3.24. The number of fused-ring (bicyclic) bond motifs is 1. The summed E-state index contributed by atoms with van der Waals surface area (Å²) in [5.74, 6) is 0.135. The van der Waals surface area contributed by atoms with Crippen LogP contribution in [0.5, 0.6) is 0 Å². The summed E-state index contributed by atoms with van der Waals surface area (Å²) in [6.45, 7) is 9.22. The number of carbonyl (C=O) groups is 2. The van der Waals surface area contributed by atoms with Gasteiger partial charge in [0.2, 0.25) is 5.91 Å². The number of H-pyrrole nitrogens is 1. The predicted molar refractivity (Wildman–Crippen MR) is 88.6 cm³/mol. The molecule has 0 saturated carbocycles. The maximum Gasteiger partial charge on any atom is 0.407 e. The summed E-state index contributed by atoms with van der Waals surface area (Å²) in [6, 6.07) is 0. The number of aromatic nitrogens is 4. The van der Waals surface area contributed by atoms with Gasteiger partial charge in [0.05, 0.1) is 11.1 Å². The summed E-state index contributed by atoms with van der Waals surface area (Å²) in [7, 11) is 0. The maximum absolute atomic E-state index is 12.0. The largest absolute Gasteiger partial charge is 0.444 e. The topological polar surface area (TPSA) is 122 Å². The smallest absolute Gasteiger partial charge is 0.407 e. The lowest BCUT2D eigenvalue weighted by atomic mass is 10.2. The molecule has 2 heterocycles. The number of nitrogens with one attached hydrogen (secondary N) is 3. The molecule has 2 rings (SSSR count). The van der Waals surface area contributed by atoms with Gasteiger partial charge in [-0.3, -0.25) is 9.89 Å². The zero-order valence-corrected chi connectivity index (χ0v) is 14.5. The zero-order valence-electron chi connectivity index (χ0n) is 14.5. The number of aryl methyl sites for hydroxylation is 2. The standard InChI is InChI=1S/C15H22N6O3/c1-8-9(2)18-20-13-11(8)12(19-21-13)17-10(22)6-7-16-14(23)24-15(3,4)5/h6-7H2,1-5H3,(H,16,23)(H2,17,19,20,21,22). The highest BCUT2D eigenvalue weighted by Crippen LogP contribution is 2.23. The van der Waals surface area contributed by atoms with Crippen molar-refractivity contribution in [2.24, 2.45) is 0 Å². The van der Waals surface area contributed by atoms with E-state index in [1.54, 1.807) is 20.8 Å². The molecule has 0 bridgehead atoms. The Morgan fingerprint density at radius 3 is 2.58 bits per heavy atom. The second-order valence-corrected chi connectivity index (χ2v) is 6.43. The number of alkyl carbamates (subject to hydrolysis) is 1. The summed E-state index contributed by atoms with van der Waals surface area (Å²) < 4.78 is 5.10. The summed E-state index contributed by atoms with van der Waals surface area (Å²) in [6.07, 6.45) is -0.452. The number of hydrogen-bond donors (Lipinski definition) is 3. The van der Waals surface area contributed by atoms with Crippen LogP contribution in [0.3, 0.4) is 0 Å². The first-order chi connectivity index (χ1) is 11.2. The Morgan fingerprint density at radius 1 is 1.21 bits per heavy atom. The lowest BCUT2D eigenvalue weighted by molar-refractivity contribution is -0.116. The Hall–Kier alpha value is -2.71. The molecule has 0 atom stereocenters. The van der Waals surface area contributed by atoms with E-state index in [4.69, 9.17) is 4.74 Å². The third kappa shape index (κ3) is 4.40. The Bertz CT molecular complexity index is 762. The van der Waals surface area contributed by atoms with Crippen LogP contribution < -0.4 is 10.6 Å². The molecule has 9 nitrogen and oxygen atoms in total. The van der Waals surface area contributed by atoms with Gasteiger partial charge in [-0.1, -0.05) is 0 Å². The van der Waals surface area contributed by atoms with E-state index in [1.165, 1.54) is 0 Å². The van der Waals surface area contributed by atoms with Crippen molar-refractivity contribution in [1.29, 1.82) is 0 Å². The van der Waals surface area contributed by atoms with Gasteiger partial charge in [0, 0.05) is 13.0 Å². The quantitative estimate of drug-likeness (QED) is 0.784. The second-order valence-electron chi connectivity index (χ2n) is 6.43. The molecule has 9 heteroatoms. The molecule has 24 heavy (non-hydrogen) atoms. The average molecular weight is 334 g/mol. The number of aromatic amines is 1. The van der Waals surface area contributed by atoms with Crippen molar-refractivity contribution in [3.63, 3.8) is 0 Å². The van der Waals surface area contributed by atoms with Gasteiger partial charge in [0.15, 0.2) is 11.5 Å². The van der Waals surface area contributed by atoms with Gasteiger partial charge in [-0.2, -0.15) is 10.2 Å². The van der Waals surface area contributed by atoms with Crippen molar-refractivity contribution in [2.75, 3.05) is 11.9 Å². The van der Waals surface area contributed by atoms with Gasteiger partial charge in [0.1, 0.15) is 5.60 Å². The normalized spacial score (nSPS) is 11.4. The lowest BCUT2D eigenvalue weighted by Crippen LogP contribution is -2.34. The fraction of sp³-hybridized carbons (Fsp3) is 0.533. The minimum atomic E-state index is -0.573. The van der Waals surface area contributed by atoms with Gasteiger partial charge < -0.3 is 15.4 Å². The molecular formula is C15H22N6O3. The summed E-state index contributed by atoms with van der Waals surface area (Å²) in [5, 5.41) is 20.8. The Kier molecular flexibility index (Phi) is 5.01. The highest BCUT2D eigenvalue weighted by molar-refractivity contribution is 6.00. The van der Waals surface area contributed by atoms with Crippen LogP contribution in [0.2, 0.25) is 0 Å². The van der Waals surface area contributed by atoms with Crippen LogP contribution in [-0.4, -0.2) is 44.5 Å². The molecule has 0 aromatic carbocycles. The molecule has 0 spiro atoms. The minimum absolute atomic E-state index is 0.101. The fourth-order valence-corrected chi connectivity index (χ4v) is 2.02. The van der Waals surface area contributed by atoms with Crippen molar-refractivity contribution in [3.05, 3.63) is 11.3 Å². The number of amides is 2. The summed E-state index contributed by atoms with van der Waals surface area (Å²) >= 11 is 0. The van der Waals surface area contributed by atoms with Gasteiger partial charge in [0.25, 0.3) is 0 Å². The molecule has 2 amide bonds.